The number of hydrogen-bond acceptors (Lipinski definition) is 2. The van der Waals surface area contributed by atoms with Gasteiger partial charge in [-0.3, -0.25) is 4.99 Å². The van der Waals surface area contributed by atoms with Crippen molar-refractivity contribution in [2.24, 2.45) is 10.9 Å². The molecule has 2 N–H and O–H groups in total. The van der Waals surface area contributed by atoms with Crippen LogP contribution in [-0.2, 0) is 4.74 Å². The number of aliphatic imine (C=N–C) groups is 1. The lowest BCUT2D eigenvalue weighted by molar-refractivity contribution is 0.179. The Balaban J connectivity index is 2.30. The Labute approximate surface area is 92.5 Å². The van der Waals surface area contributed by atoms with Gasteiger partial charge in [-0.2, -0.15) is 0 Å². The fourth-order valence-electron chi connectivity index (χ4n) is 1.37. The quantitative estimate of drug-likeness (QED) is 0.511. The van der Waals surface area contributed by atoms with Crippen molar-refractivity contribution in [2.75, 3.05) is 26.8 Å². The standard InChI is InChI=1S/C11H23N3O/c1-4-12-11(13-7-10-5-6-10)14-9(2)8-15-3/h9-10H,4-8H2,1-3H3,(H2,12,13,14). The zero-order chi connectivity index (χ0) is 11.1. The molecule has 0 aromatic heterocycles. The first-order valence-corrected chi connectivity index (χ1v) is 5.80. The minimum atomic E-state index is 0.298. The highest BCUT2D eigenvalue weighted by molar-refractivity contribution is 5.80. The Kier molecular flexibility index (Phi) is 5.47. The average Bonchev–Trinajstić information content (AvgIpc) is 2.98. The third-order valence-electron chi connectivity index (χ3n) is 2.35. The maximum Gasteiger partial charge on any atom is 0.191 e. The van der Waals surface area contributed by atoms with Gasteiger partial charge in [-0.1, -0.05) is 0 Å². The Hall–Kier alpha value is -0.770. The monoisotopic (exact) mass is 213 g/mol. The summed E-state index contributed by atoms with van der Waals surface area (Å²) in [7, 11) is 1.71. The highest BCUT2D eigenvalue weighted by atomic mass is 16.5. The third kappa shape index (κ3) is 5.62. The summed E-state index contributed by atoms with van der Waals surface area (Å²) < 4.78 is 5.08. The van der Waals surface area contributed by atoms with Gasteiger partial charge in [0.25, 0.3) is 0 Å². The molecule has 1 fully saturated rings. The van der Waals surface area contributed by atoms with Crippen LogP contribution in [0.5, 0.6) is 0 Å². The molecule has 0 radical (unpaired) electrons. The first-order valence-electron chi connectivity index (χ1n) is 5.80. The van der Waals surface area contributed by atoms with E-state index in [1.54, 1.807) is 7.11 Å². The Bertz CT molecular complexity index is 202. The molecule has 0 aromatic rings. The van der Waals surface area contributed by atoms with Crippen LogP contribution in [0, 0.1) is 5.92 Å². The lowest BCUT2D eigenvalue weighted by atomic mass is 10.4. The molecule has 0 heterocycles. The van der Waals surface area contributed by atoms with E-state index in [-0.39, 0.29) is 0 Å². The van der Waals surface area contributed by atoms with Crippen LogP contribution in [0.2, 0.25) is 0 Å². The molecule has 0 saturated heterocycles. The SMILES string of the molecule is CCNC(=NCC1CC1)NC(C)COC. The van der Waals surface area contributed by atoms with Gasteiger partial charge in [0.2, 0.25) is 0 Å². The van der Waals surface area contributed by atoms with Gasteiger partial charge in [-0.25, -0.2) is 0 Å². The minimum Gasteiger partial charge on any atom is -0.383 e. The molecule has 0 aromatic carbocycles. The van der Waals surface area contributed by atoms with E-state index in [9.17, 15) is 0 Å². The summed E-state index contributed by atoms with van der Waals surface area (Å²) >= 11 is 0. The van der Waals surface area contributed by atoms with Gasteiger partial charge < -0.3 is 15.4 Å². The number of ether oxygens (including phenoxy) is 1. The van der Waals surface area contributed by atoms with Crippen molar-refractivity contribution in [3.8, 4) is 0 Å². The highest BCUT2D eigenvalue weighted by Gasteiger charge is 2.20. The zero-order valence-corrected chi connectivity index (χ0v) is 10.0. The second-order valence-corrected chi connectivity index (χ2v) is 4.16. The Morgan fingerprint density at radius 2 is 2.27 bits per heavy atom. The van der Waals surface area contributed by atoms with Crippen LogP contribution in [0.1, 0.15) is 26.7 Å². The van der Waals surface area contributed by atoms with E-state index in [1.807, 2.05) is 0 Å². The van der Waals surface area contributed by atoms with E-state index in [2.05, 4.69) is 29.5 Å². The largest absolute Gasteiger partial charge is 0.383 e. The van der Waals surface area contributed by atoms with Crippen LogP contribution in [-0.4, -0.2) is 38.8 Å². The van der Waals surface area contributed by atoms with Gasteiger partial charge in [-0.15, -0.1) is 0 Å². The molecule has 1 aliphatic carbocycles. The van der Waals surface area contributed by atoms with Crippen molar-refractivity contribution in [3.05, 3.63) is 0 Å². The van der Waals surface area contributed by atoms with Crippen LogP contribution in [0.25, 0.3) is 0 Å². The van der Waals surface area contributed by atoms with Gasteiger partial charge in [0.05, 0.1) is 6.61 Å². The lowest BCUT2D eigenvalue weighted by Gasteiger charge is -2.16. The number of rotatable bonds is 6. The van der Waals surface area contributed by atoms with Gasteiger partial charge in [0, 0.05) is 26.2 Å². The van der Waals surface area contributed by atoms with Crippen LogP contribution in [0.3, 0.4) is 0 Å². The number of hydrogen-bond donors (Lipinski definition) is 2. The molecule has 0 bridgehead atoms. The maximum atomic E-state index is 5.08. The summed E-state index contributed by atoms with van der Waals surface area (Å²) in [6.07, 6.45) is 2.69. The smallest absolute Gasteiger partial charge is 0.191 e. The molecule has 0 spiro atoms. The summed E-state index contributed by atoms with van der Waals surface area (Å²) in [6, 6.07) is 0.298. The van der Waals surface area contributed by atoms with Crippen molar-refractivity contribution in [3.63, 3.8) is 0 Å². The van der Waals surface area contributed by atoms with E-state index in [0.29, 0.717) is 12.6 Å². The topological polar surface area (TPSA) is 45.7 Å². The zero-order valence-electron chi connectivity index (χ0n) is 10.0. The fourth-order valence-corrected chi connectivity index (χ4v) is 1.37. The molecule has 88 valence electrons. The first-order chi connectivity index (χ1) is 7.26. The van der Waals surface area contributed by atoms with Gasteiger partial charge in [0.1, 0.15) is 0 Å². The third-order valence-corrected chi connectivity index (χ3v) is 2.35. The Morgan fingerprint density at radius 3 is 2.80 bits per heavy atom. The molecule has 4 nitrogen and oxygen atoms in total. The van der Waals surface area contributed by atoms with E-state index < -0.39 is 0 Å². The van der Waals surface area contributed by atoms with Crippen molar-refractivity contribution in [2.45, 2.75) is 32.7 Å². The Morgan fingerprint density at radius 1 is 1.53 bits per heavy atom. The molecule has 1 aliphatic rings. The van der Waals surface area contributed by atoms with E-state index in [0.717, 1.165) is 25.0 Å². The van der Waals surface area contributed by atoms with E-state index in [1.165, 1.54) is 12.8 Å². The molecule has 4 heteroatoms. The maximum absolute atomic E-state index is 5.08. The molecular formula is C11H23N3O. The summed E-state index contributed by atoms with van der Waals surface area (Å²) in [4.78, 5) is 4.54. The lowest BCUT2D eigenvalue weighted by Crippen LogP contribution is -2.44. The summed E-state index contributed by atoms with van der Waals surface area (Å²) in [6.45, 7) is 6.72. The molecule has 1 saturated carbocycles. The summed E-state index contributed by atoms with van der Waals surface area (Å²) in [5.41, 5.74) is 0. The summed E-state index contributed by atoms with van der Waals surface area (Å²) in [5, 5.41) is 6.55. The molecule has 0 amide bonds. The molecule has 1 unspecified atom stereocenters. The van der Waals surface area contributed by atoms with Crippen molar-refractivity contribution in [1.82, 2.24) is 10.6 Å². The normalized spacial score (nSPS) is 18.7. The second-order valence-electron chi connectivity index (χ2n) is 4.16. The molecule has 1 atom stereocenters. The van der Waals surface area contributed by atoms with Crippen LogP contribution in [0.4, 0.5) is 0 Å². The number of nitrogens with one attached hydrogen (secondary N) is 2. The van der Waals surface area contributed by atoms with Crippen LogP contribution < -0.4 is 10.6 Å². The number of guanidine groups is 1. The molecule has 15 heavy (non-hydrogen) atoms. The van der Waals surface area contributed by atoms with Crippen molar-refractivity contribution >= 4 is 5.96 Å². The fraction of sp³-hybridized carbons (Fsp3) is 0.909. The highest BCUT2D eigenvalue weighted by Crippen LogP contribution is 2.28. The van der Waals surface area contributed by atoms with Gasteiger partial charge in [0.15, 0.2) is 5.96 Å². The predicted octanol–water partition coefficient (Wildman–Crippen LogP) is 0.986. The predicted molar refractivity (Wildman–Crippen MR) is 63.2 cm³/mol. The van der Waals surface area contributed by atoms with Crippen LogP contribution in [0.15, 0.2) is 4.99 Å². The molecule has 1 rings (SSSR count). The van der Waals surface area contributed by atoms with Crippen molar-refractivity contribution in [1.29, 1.82) is 0 Å². The number of methoxy groups -OCH3 is 1. The average molecular weight is 213 g/mol. The first kappa shape index (κ1) is 12.3. The van der Waals surface area contributed by atoms with Crippen LogP contribution >= 0.6 is 0 Å². The van der Waals surface area contributed by atoms with Gasteiger partial charge >= 0.3 is 0 Å². The number of nitrogens with zero attached hydrogens (tertiary/aromatic N) is 1. The molecule has 0 aliphatic heterocycles. The van der Waals surface area contributed by atoms with Gasteiger partial charge in [-0.05, 0) is 32.6 Å². The second kappa shape index (κ2) is 6.67. The van der Waals surface area contributed by atoms with E-state index >= 15 is 0 Å². The molecular weight excluding hydrogens is 190 g/mol. The van der Waals surface area contributed by atoms with Crippen molar-refractivity contribution < 1.29 is 4.74 Å². The minimum absolute atomic E-state index is 0.298. The van der Waals surface area contributed by atoms with E-state index in [4.69, 9.17) is 4.74 Å². The summed E-state index contributed by atoms with van der Waals surface area (Å²) in [5.74, 6) is 1.74.